The summed E-state index contributed by atoms with van der Waals surface area (Å²) < 4.78 is 0. The van der Waals surface area contributed by atoms with E-state index in [2.05, 4.69) is 103 Å². The van der Waals surface area contributed by atoms with Crippen LogP contribution in [-0.4, -0.2) is 12.8 Å². The molecule has 0 aromatic heterocycles. The zero-order chi connectivity index (χ0) is 17.3. The molecule has 0 amide bonds. The molecule has 0 aliphatic heterocycles. The second-order valence-electron chi connectivity index (χ2n) is 5.95. The maximum Gasteiger partial charge on any atom is 0.0389 e. The minimum absolute atomic E-state index is 0.582. The topological polar surface area (TPSA) is 12.4 Å². The molecule has 0 saturated heterocycles. The molecular formula is C23H24NP. The predicted molar refractivity (Wildman–Crippen MR) is 113 cm³/mol. The molecule has 3 aromatic rings. The fraction of sp³-hybridized carbons (Fsp3) is 0.174. The van der Waals surface area contributed by atoms with E-state index >= 15 is 0 Å². The number of aliphatic imine (C=N–C) groups is 1. The second-order valence-corrected chi connectivity index (χ2v) is 8.14. The smallest absolute Gasteiger partial charge is 0.0389 e. The van der Waals surface area contributed by atoms with E-state index < -0.39 is 7.92 Å². The summed E-state index contributed by atoms with van der Waals surface area (Å²) in [6.45, 7) is 3.10. The largest absolute Gasteiger partial charge is 0.293 e. The van der Waals surface area contributed by atoms with Gasteiger partial charge in [-0.3, -0.25) is 4.99 Å². The standard InChI is InChI=1S/C23H24NP/c1-2-3-18-24-19-20-12-10-11-17-23(20)25(21-13-6-4-7-14-21)22-15-8-5-9-16-22/h4-17,19H,2-3,18H2,1H3. The molecule has 0 aliphatic rings. The first-order chi connectivity index (χ1) is 12.4. The highest BCUT2D eigenvalue weighted by Crippen LogP contribution is 2.33. The second kappa shape index (κ2) is 9.30. The van der Waals surface area contributed by atoms with Gasteiger partial charge in [-0.15, -0.1) is 0 Å². The summed E-state index contributed by atoms with van der Waals surface area (Å²) in [5, 5.41) is 4.12. The van der Waals surface area contributed by atoms with Crippen molar-refractivity contribution in [2.45, 2.75) is 19.8 Å². The molecule has 126 valence electrons. The van der Waals surface area contributed by atoms with Gasteiger partial charge in [0.05, 0.1) is 0 Å². The average molecular weight is 345 g/mol. The Kier molecular flexibility index (Phi) is 6.54. The monoisotopic (exact) mass is 345 g/mol. The number of hydrogen-bond acceptors (Lipinski definition) is 1. The number of rotatable bonds is 7. The third-order valence-corrected chi connectivity index (χ3v) is 6.60. The van der Waals surface area contributed by atoms with Crippen molar-refractivity contribution >= 4 is 30.0 Å². The Labute approximate surface area is 152 Å². The number of hydrogen-bond donors (Lipinski definition) is 0. The molecule has 0 spiro atoms. The molecule has 3 rings (SSSR count). The summed E-state index contributed by atoms with van der Waals surface area (Å²) in [4.78, 5) is 4.65. The number of benzene rings is 3. The normalized spacial score (nSPS) is 11.3. The first-order valence-corrected chi connectivity index (χ1v) is 10.2. The Morgan fingerprint density at radius 2 is 1.32 bits per heavy atom. The highest BCUT2D eigenvalue weighted by atomic mass is 31.1. The lowest BCUT2D eigenvalue weighted by atomic mass is 10.2. The summed E-state index contributed by atoms with van der Waals surface area (Å²) in [5.74, 6) is 0. The van der Waals surface area contributed by atoms with Gasteiger partial charge < -0.3 is 0 Å². The van der Waals surface area contributed by atoms with Crippen LogP contribution in [0.4, 0.5) is 0 Å². The Hall–Kier alpha value is -2.24. The molecule has 0 heterocycles. The molecule has 0 aliphatic carbocycles. The molecule has 0 unspecified atom stereocenters. The van der Waals surface area contributed by atoms with Gasteiger partial charge in [-0.1, -0.05) is 98.3 Å². The van der Waals surface area contributed by atoms with Crippen LogP contribution in [-0.2, 0) is 0 Å². The van der Waals surface area contributed by atoms with Gasteiger partial charge >= 0.3 is 0 Å². The van der Waals surface area contributed by atoms with Gasteiger partial charge in [-0.25, -0.2) is 0 Å². The van der Waals surface area contributed by atoms with Crippen molar-refractivity contribution in [3.8, 4) is 0 Å². The van der Waals surface area contributed by atoms with Crippen LogP contribution in [0.5, 0.6) is 0 Å². The van der Waals surface area contributed by atoms with Crippen LogP contribution >= 0.6 is 7.92 Å². The summed E-state index contributed by atoms with van der Waals surface area (Å²) in [7, 11) is -0.582. The quantitative estimate of drug-likeness (QED) is 0.335. The van der Waals surface area contributed by atoms with Crippen LogP contribution in [0.25, 0.3) is 0 Å². The lowest BCUT2D eigenvalue weighted by molar-refractivity contribution is 0.810. The SMILES string of the molecule is CCCCN=Cc1ccccc1P(c1ccccc1)c1ccccc1. The molecular weight excluding hydrogens is 321 g/mol. The van der Waals surface area contributed by atoms with Crippen molar-refractivity contribution in [3.63, 3.8) is 0 Å². The minimum atomic E-state index is -0.582. The van der Waals surface area contributed by atoms with Gasteiger partial charge in [0, 0.05) is 18.3 Å². The van der Waals surface area contributed by atoms with Crippen molar-refractivity contribution in [3.05, 3.63) is 90.5 Å². The zero-order valence-corrected chi connectivity index (χ0v) is 15.6. The Bertz CT molecular complexity index is 757. The van der Waals surface area contributed by atoms with Crippen LogP contribution < -0.4 is 15.9 Å². The lowest BCUT2D eigenvalue weighted by Crippen LogP contribution is -2.23. The maximum absolute atomic E-state index is 4.65. The highest BCUT2D eigenvalue weighted by Gasteiger charge is 2.18. The lowest BCUT2D eigenvalue weighted by Gasteiger charge is -2.21. The van der Waals surface area contributed by atoms with Crippen molar-refractivity contribution in [2.24, 2.45) is 4.99 Å². The number of unbranched alkanes of at least 4 members (excludes halogenated alkanes) is 1. The van der Waals surface area contributed by atoms with Crippen molar-refractivity contribution < 1.29 is 0 Å². The predicted octanol–water partition coefficient (Wildman–Crippen LogP) is 4.66. The highest BCUT2D eigenvalue weighted by molar-refractivity contribution is 7.80. The van der Waals surface area contributed by atoms with Gasteiger partial charge in [0.25, 0.3) is 0 Å². The van der Waals surface area contributed by atoms with E-state index in [0.29, 0.717) is 0 Å². The minimum Gasteiger partial charge on any atom is -0.293 e. The molecule has 0 bridgehead atoms. The Balaban J connectivity index is 2.04. The van der Waals surface area contributed by atoms with Gasteiger partial charge in [0.2, 0.25) is 0 Å². The fourth-order valence-corrected chi connectivity index (χ4v) is 5.21. The summed E-state index contributed by atoms with van der Waals surface area (Å²) >= 11 is 0. The van der Waals surface area contributed by atoms with E-state index in [-0.39, 0.29) is 0 Å². The fourth-order valence-electron chi connectivity index (χ4n) is 2.79. The molecule has 1 nitrogen and oxygen atoms in total. The molecule has 0 radical (unpaired) electrons. The van der Waals surface area contributed by atoms with E-state index in [1.165, 1.54) is 27.9 Å². The van der Waals surface area contributed by atoms with E-state index in [9.17, 15) is 0 Å². The van der Waals surface area contributed by atoms with Crippen LogP contribution in [0.15, 0.2) is 89.9 Å². The summed E-state index contributed by atoms with van der Waals surface area (Å²) in [6.07, 6.45) is 4.39. The van der Waals surface area contributed by atoms with E-state index in [1.54, 1.807) is 0 Å². The van der Waals surface area contributed by atoms with Crippen LogP contribution in [0.1, 0.15) is 25.3 Å². The zero-order valence-electron chi connectivity index (χ0n) is 14.7. The third kappa shape index (κ3) is 4.65. The maximum atomic E-state index is 4.65. The average Bonchev–Trinajstić information content (AvgIpc) is 2.68. The first kappa shape index (κ1) is 17.6. The van der Waals surface area contributed by atoms with Gasteiger partial charge in [-0.05, 0) is 30.3 Å². The van der Waals surface area contributed by atoms with E-state index in [1.807, 2.05) is 0 Å². The Morgan fingerprint density at radius 1 is 0.760 bits per heavy atom. The molecule has 0 fully saturated rings. The molecule has 0 saturated carbocycles. The van der Waals surface area contributed by atoms with Crippen LogP contribution in [0, 0.1) is 0 Å². The van der Waals surface area contributed by atoms with Gasteiger partial charge in [0.15, 0.2) is 0 Å². The Morgan fingerprint density at radius 3 is 1.92 bits per heavy atom. The summed E-state index contributed by atoms with van der Waals surface area (Å²) in [6, 6.07) is 30.3. The van der Waals surface area contributed by atoms with E-state index in [0.717, 1.165) is 13.0 Å². The van der Waals surface area contributed by atoms with Crippen LogP contribution in [0.2, 0.25) is 0 Å². The van der Waals surface area contributed by atoms with Crippen molar-refractivity contribution in [2.75, 3.05) is 6.54 Å². The first-order valence-electron chi connectivity index (χ1n) is 8.89. The summed E-state index contributed by atoms with van der Waals surface area (Å²) in [5.41, 5.74) is 1.23. The van der Waals surface area contributed by atoms with Crippen molar-refractivity contribution in [1.29, 1.82) is 0 Å². The molecule has 0 atom stereocenters. The van der Waals surface area contributed by atoms with Crippen LogP contribution in [0.3, 0.4) is 0 Å². The van der Waals surface area contributed by atoms with Gasteiger partial charge in [-0.2, -0.15) is 0 Å². The molecule has 25 heavy (non-hydrogen) atoms. The molecule has 0 N–H and O–H groups in total. The van der Waals surface area contributed by atoms with Gasteiger partial charge in [0.1, 0.15) is 0 Å². The van der Waals surface area contributed by atoms with E-state index in [4.69, 9.17) is 0 Å². The molecule has 2 heteroatoms. The molecule has 3 aromatic carbocycles. The number of nitrogens with zero attached hydrogens (tertiary/aromatic N) is 1. The van der Waals surface area contributed by atoms with Crippen molar-refractivity contribution in [1.82, 2.24) is 0 Å². The third-order valence-electron chi connectivity index (χ3n) is 4.08.